The van der Waals surface area contributed by atoms with Crippen molar-refractivity contribution in [1.29, 1.82) is 0 Å². The third-order valence-corrected chi connectivity index (χ3v) is 4.11. The van der Waals surface area contributed by atoms with Crippen LogP contribution in [0.25, 0.3) is 0 Å². The molecule has 3 rings (SSSR count). The van der Waals surface area contributed by atoms with Crippen LogP contribution in [0.5, 0.6) is 0 Å². The number of rotatable bonds is 5. The van der Waals surface area contributed by atoms with Gasteiger partial charge in [-0.25, -0.2) is 0 Å². The van der Waals surface area contributed by atoms with Gasteiger partial charge in [0.15, 0.2) is 0 Å². The summed E-state index contributed by atoms with van der Waals surface area (Å²) in [6, 6.07) is 16.0. The molecule has 0 radical (unpaired) electrons. The lowest BCUT2D eigenvalue weighted by atomic mass is 10.1. The Labute approximate surface area is 152 Å². The van der Waals surface area contributed by atoms with Crippen LogP contribution in [0.15, 0.2) is 65.3 Å². The summed E-state index contributed by atoms with van der Waals surface area (Å²) in [6.45, 7) is 4.19. The Morgan fingerprint density at radius 1 is 0.885 bits per heavy atom. The molecule has 2 amide bonds. The normalized spacial score (nSPS) is 10.4. The van der Waals surface area contributed by atoms with Crippen molar-refractivity contribution in [1.82, 2.24) is 5.32 Å². The van der Waals surface area contributed by atoms with E-state index in [1.165, 1.54) is 0 Å². The minimum atomic E-state index is -0.261. The van der Waals surface area contributed by atoms with E-state index in [9.17, 15) is 9.59 Å². The first-order chi connectivity index (χ1) is 12.5. The van der Waals surface area contributed by atoms with Gasteiger partial charge in [-0.05, 0) is 55.3 Å². The zero-order valence-corrected chi connectivity index (χ0v) is 14.7. The Kier molecular flexibility index (Phi) is 5.17. The number of benzene rings is 2. The van der Waals surface area contributed by atoms with Crippen molar-refractivity contribution in [2.75, 3.05) is 5.32 Å². The number of nitrogens with one attached hydrogen (secondary N) is 2. The molecule has 0 atom stereocenters. The molecule has 1 aromatic heterocycles. The first-order valence-corrected chi connectivity index (χ1v) is 8.33. The topological polar surface area (TPSA) is 71.3 Å². The van der Waals surface area contributed by atoms with Crippen molar-refractivity contribution >= 4 is 17.5 Å². The fourth-order valence-electron chi connectivity index (χ4n) is 2.68. The van der Waals surface area contributed by atoms with Crippen LogP contribution in [0.4, 0.5) is 5.69 Å². The molecule has 0 saturated heterocycles. The molecule has 0 bridgehead atoms. The number of carbonyl (C=O) groups excluding carboxylic acids is 2. The van der Waals surface area contributed by atoms with Gasteiger partial charge in [0.25, 0.3) is 11.8 Å². The highest BCUT2D eigenvalue weighted by Gasteiger charge is 2.13. The van der Waals surface area contributed by atoms with E-state index < -0.39 is 0 Å². The second-order valence-electron chi connectivity index (χ2n) is 6.06. The maximum absolute atomic E-state index is 12.6. The van der Waals surface area contributed by atoms with Crippen molar-refractivity contribution in [3.8, 4) is 0 Å². The number of furan rings is 1. The minimum Gasteiger partial charge on any atom is -0.467 e. The molecule has 0 aliphatic heterocycles. The quantitative estimate of drug-likeness (QED) is 0.730. The molecule has 0 fully saturated rings. The van der Waals surface area contributed by atoms with E-state index in [0.717, 1.165) is 16.8 Å². The Hall–Kier alpha value is -3.34. The van der Waals surface area contributed by atoms with Crippen LogP contribution < -0.4 is 10.6 Å². The number of para-hydroxylation sites is 1. The molecule has 132 valence electrons. The maximum atomic E-state index is 12.6. The highest BCUT2D eigenvalue weighted by Crippen LogP contribution is 2.20. The van der Waals surface area contributed by atoms with Crippen LogP contribution >= 0.6 is 0 Å². The molecule has 1 heterocycles. The van der Waals surface area contributed by atoms with Crippen molar-refractivity contribution in [2.24, 2.45) is 0 Å². The van der Waals surface area contributed by atoms with Crippen molar-refractivity contribution in [3.63, 3.8) is 0 Å². The van der Waals surface area contributed by atoms with E-state index in [1.54, 1.807) is 42.7 Å². The molecule has 0 saturated carbocycles. The van der Waals surface area contributed by atoms with Gasteiger partial charge in [0.05, 0.1) is 12.8 Å². The molecule has 0 aliphatic rings. The molecule has 26 heavy (non-hydrogen) atoms. The molecular weight excluding hydrogens is 328 g/mol. The Balaban J connectivity index is 1.72. The van der Waals surface area contributed by atoms with Crippen LogP contribution in [0.1, 0.15) is 37.6 Å². The Morgan fingerprint density at radius 2 is 1.54 bits per heavy atom. The standard InChI is InChI=1S/C21H20N2O3/c1-14-6-3-7-15(2)19(14)23-21(25)17-9-4-8-16(12-17)20(24)22-13-18-10-5-11-26-18/h3-12H,13H2,1-2H3,(H,22,24)(H,23,25). The summed E-state index contributed by atoms with van der Waals surface area (Å²) in [5, 5.41) is 5.70. The number of carbonyl (C=O) groups is 2. The van der Waals surface area contributed by atoms with E-state index in [-0.39, 0.29) is 11.8 Å². The lowest BCUT2D eigenvalue weighted by Crippen LogP contribution is -2.23. The molecule has 0 unspecified atom stereocenters. The smallest absolute Gasteiger partial charge is 0.255 e. The van der Waals surface area contributed by atoms with Crippen molar-refractivity contribution < 1.29 is 14.0 Å². The third-order valence-electron chi connectivity index (χ3n) is 4.11. The summed E-state index contributed by atoms with van der Waals surface area (Å²) in [4.78, 5) is 24.9. The van der Waals surface area contributed by atoms with Gasteiger partial charge in [-0.15, -0.1) is 0 Å². The SMILES string of the molecule is Cc1cccc(C)c1NC(=O)c1cccc(C(=O)NCc2ccco2)c1. The number of aryl methyl sites for hydroxylation is 2. The summed E-state index contributed by atoms with van der Waals surface area (Å²) in [5.41, 5.74) is 3.63. The molecule has 5 heteroatoms. The Bertz CT molecular complexity index is 910. The zero-order valence-electron chi connectivity index (χ0n) is 14.7. The molecule has 3 aromatic rings. The summed E-state index contributed by atoms with van der Waals surface area (Å²) in [6.07, 6.45) is 1.56. The number of anilines is 1. The summed E-state index contributed by atoms with van der Waals surface area (Å²) < 4.78 is 5.19. The van der Waals surface area contributed by atoms with Crippen LogP contribution in [-0.4, -0.2) is 11.8 Å². The number of amides is 2. The lowest BCUT2D eigenvalue weighted by molar-refractivity contribution is 0.0948. The van der Waals surface area contributed by atoms with E-state index in [0.29, 0.717) is 23.4 Å². The van der Waals surface area contributed by atoms with Gasteiger partial charge in [-0.2, -0.15) is 0 Å². The van der Waals surface area contributed by atoms with E-state index in [4.69, 9.17) is 4.42 Å². The first kappa shape index (κ1) is 17.5. The molecule has 2 N–H and O–H groups in total. The highest BCUT2D eigenvalue weighted by atomic mass is 16.3. The summed E-state index contributed by atoms with van der Waals surface area (Å²) >= 11 is 0. The van der Waals surface area contributed by atoms with Gasteiger partial charge in [-0.1, -0.05) is 24.3 Å². The highest BCUT2D eigenvalue weighted by molar-refractivity contribution is 6.06. The average Bonchev–Trinajstić information content (AvgIpc) is 3.16. The summed E-state index contributed by atoms with van der Waals surface area (Å²) in [5.74, 6) is 0.161. The summed E-state index contributed by atoms with van der Waals surface area (Å²) in [7, 11) is 0. The van der Waals surface area contributed by atoms with Gasteiger partial charge < -0.3 is 15.1 Å². The minimum absolute atomic E-state index is 0.247. The van der Waals surface area contributed by atoms with Crippen LogP contribution in [0.2, 0.25) is 0 Å². The monoisotopic (exact) mass is 348 g/mol. The van der Waals surface area contributed by atoms with Gasteiger partial charge in [-0.3, -0.25) is 9.59 Å². The predicted octanol–water partition coefficient (Wildman–Crippen LogP) is 4.08. The largest absolute Gasteiger partial charge is 0.467 e. The molecule has 5 nitrogen and oxygen atoms in total. The zero-order chi connectivity index (χ0) is 18.5. The van der Waals surface area contributed by atoms with E-state index >= 15 is 0 Å². The Morgan fingerprint density at radius 3 is 2.19 bits per heavy atom. The first-order valence-electron chi connectivity index (χ1n) is 8.33. The molecular formula is C21H20N2O3. The van der Waals surface area contributed by atoms with Gasteiger partial charge in [0.1, 0.15) is 5.76 Å². The molecule has 0 spiro atoms. The van der Waals surface area contributed by atoms with Crippen molar-refractivity contribution in [3.05, 3.63) is 88.9 Å². The maximum Gasteiger partial charge on any atom is 0.255 e. The van der Waals surface area contributed by atoms with E-state index in [1.807, 2.05) is 32.0 Å². The van der Waals surface area contributed by atoms with Crippen LogP contribution in [-0.2, 0) is 6.54 Å². The second kappa shape index (κ2) is 7.70. The van der Waals surface area contributed by atoms with Crippen LogP contribution in [0.3, 0.4) is 0 Å². The second-order valence-corrected chi connectivity index (χ2v) is 6.06. The number of hydrogen-bond acceptors (Lipinski definition) is 3. The van der Waals surface area contributed by atoms with Gasteiger partial charge >= 0.3 is 0 Å². The fraction of sp³-hybridized carbons (Fsp3) is 0.143. The van der Waals surface area contributed by atoms with Crippen LogP contribution in [0, 0.1) is 13.8 Å². The molecule has 2 aromatic carbocycles. The lowest BCUT2D eigenvalue weighted by Gasteiger charge is -2.12. The number of hydrogen-bond donors (Lipinski definition) is 2. The van der Waals surface area contributed by atoms with E-state index in [2.05, 4.69) is 10.6 Å². The van der Waals surface area contributed by atoms with Gasteiger partial charge in [0.2, 0.25) is 0 Å². The third kappa shape index (κ3) is 4.00. The molecule has 0 aliphatic carbocycles. The average molecular weight is 348 g/mol. The predicted molar refractivity (Wildman–Crippen MR) is 100 cm³/mol. The van der Waals surface area contributed by atoms with Gasteiger partial charge in [0, 0.05) is 16.8 Å². The van der Waals surface area contributed by atoms with Crippen molar-refractivity contribution in [2.45, 2.75) is 20.4 Å². The fourth-order valence-corrected chi connectivity index (χ4v) is 2.68.